The second-order valence-corrected chi connectivity index (χ2v) is 5.92. The van der Waals surface area contributed by atoms with Crippen molar-refractivity contribution in [2.75, 3.05) is 11.3 Å². The van der Waals surface area contributed by atoms with Crippen LogP contribution >= 0.6 is 0 Å². The van der Waals surface area contributed by atoms with Crippen LogP contribution in [0.5, 0.6) is 5.75 Å². The molecular weight excluding hydrogens is 294 g/mol. The molecule has 1 heterocycles. The predicted molar refractivity (Wildman–Crippen MR) is 77.7 cm³/mol. The minimum atomic E-state index is -3.91. The van der Waals surface area contributed by atoms with E-state index in [2.05, 4.69) is 14.9 Å². The molecule has 2 rings (SSSR count). The highest BCUT2D eigenvalue weighted by molar-refractivity contribution is 7.92. The summed E-state index contributed by atoms with van der Waals surface area (Å²) in [4.78, 5) is 0. The Morgan fingerprint density at radius 1 is 1.38 bits per heavy atom. The number of nitrogens with zero attached hydrogens (tertiary/aromatic N) is 1. The van der Waals surface area contributed by atoms with Gasteiger partial charge in [0.15, 0.2) is 0 Å². The molecule has 0 saturated carbocycles. The highest BCUT2D eigenvalue weighted by atomic mass is 32.2. The van der Waals surface area contributed by atoms with E-state index in [1.165, 1.54) is 0 Å². The van der Waals surface area contributed by atoms with E-state index >= 15 is 0 Å². The lowest BCUT2D eigenvalue weighted by atomic mass is 10.3. The Morgan fingerprint density at radius 3 is 2.76 bits per heavy atom. The molecule has 0 amide bonds. The molecule has 0 unspecified atom stereocenters. The van der Waals surface area contributed by atoms with Gasteiger partial charge in [-0.2, -0.15) is 13.5 Å². The molecular formula is C13H17N3O4S. The average Bonchev–Trinajstić information content (AvgIpc) is 2.83. The summed E-state index contributed by atoms with van der Waals surface area (Å²) in [6.07, 6.45) is 0. The first-order valence-electron chi connectivity index (χ1n) is 6.39. The molecule has 0 aliphatic rings. The Bertz CT molecular complexity index is 725. The number of aryl methyl sites for hydroxylation is 1. The third kappa shape index (κ3) is 3.17. The first-order valence-corrected chi connectivity index (χ1v) is 7.87. The second-order valence-electron chi connectivity index (χ2n) is 4.33. The van der Waals surface area contributed by atoms with E-state index in [9.17, 15) is 13.5 Å². The third-order valence-corrected chi connectivity index (χ3v) is 4.22. The fraction of sp³-hybridized carbons (Fsp3) is 0.308. The van der Waals surface area contributed by atoms with E-state index < -0.39 is 16.6 Å². The van der Waals surface area contributed by atoms with Gasteiger partial charge in [-0.3, -0.25) is 9.82 Å². The first-order chi connectivity index (χ1) is 9.99. The topological polar surface area (TPSA) is 104 Å². The van der Waals surface area contributed by atoms with Crippen LogP contribution in [-0.2, 0) is 16.6 Å². The number of aliphatic hydroxyl groups excluding tert-OH is 1. The van der Waals surface area contributed by atoms with Gasteiger partial charge in [-0.25, -0.2) is 0 Å². The predicted octanol–water partition coefficient (Wildman–Crippen LogP) is 1.41. The number of H-pyrrole nitrogens is 1. The van der Waals surface area contributed by atoms with E-state index in [-0.39, 0.29) is 10.6 Å². The second kappa shape index (κ2) is 6.15. The summed E-state index contributed by atoms with van der Waals surface area (Å²) in [7, 11) is -3.91. The van der Waals surface area contributed by atoms with Crippen LogP contribution in [0.25, 0.3) is 0 Å². The van der Waals surface area contributed by atoms with E-state index in [0.29, 0.717) is 23.7 Å². The number of nitrogens with one attached hydrogen (secondary N) is 2. The van der Waals surface area contributed by atoms with Crippen LogP contribution in [0, 0.1) is 6.92 Å². The zero-order valence-electron chi connectivity index (χ0n) is 11.8. The summed E-state index contributed by atoms with van der Waals surface area (Å²) in [5.41, 5.74) is 1.08. The molecule has 2 aromatic rings. The average molecular weight is 311 g/mol. The molecule has 8 heteroatoms. The Morgan fingerprint density at radius 2 is 2.10 bits per heavy atom. The van der Waals surface area contributed by atoms with Crippen molar-refractivity contribution in [2.24, 2.45) is 0 Å². The third-order valence-electron chi connectivity index (χ3n) is 2.88. The summed E-state index contributed by atoms with van der Waals surface area (Å²) in [5, 5.41) is 15.4. The summed E-state index contributed by atoms with van der Waals surface area (Å²) < 4.78 is 32.6. The fourth-order valence-electron chi connectivity index (χ4n) is 1.86. The van der Waals surface area contributed by atoms with Gasteiger partial charge in [-0.1, -0.05) is 12.1 Å². The van der Waals surface area contributed by atoms with Crippen LogP contribution in [0.15, 0.2) is 29.3 Å². The normalized spacial score (nSPS) is 11.4. The maximum atomic E-state index is 12.4. The molecule has 0 radical (unpaired) electrons. The molecule has 0 spiro atoms. The van der Waals surface area contributed by atoms with Crippen LogP contribution in [0.1, 0.15) is 18.2 Å². The van der Waals surface area contributed by atoms with E-state index in [4.69, 9.17) is 4.74 Å². The van der Waals surface area contributed by atoms with Crippen LogP contribution < -0.4 is 9.46 Å². The van der Waals surface area contributed by atoms with E-state index in [1.807, 2.05) is 6.92 Å². The number of ether oxygens (including phenoxy) is 1. The van der Waals surface area contributed by atoms with Gasteiger partial charge in [0.1, 0.15) is 5.75 Å². The largest absolute Gasteiger partial charge is 0.492 e. The number of rotatable bonds is 6. The highest BCUT2D eigenvalue weighted by Crippen LogP contribution is 2.27. The lowest BCUT2D eigenvalue weighted by Gasteiger charge is -2.12. The van der Waals surface area contributed by atoms with Crippen LogP contribution in [0.4, 0.5) is 5.69 Å². The van der Waals surface area contributed by atoms with Gasteiger partial charge >= 0.3 is 0 Å². The van der Waals surface area contributed by atoms with Crippen molar-refractivity contribution < 1.29 is 18.3 Å². The van der Waals surface area contributed by atoms with Crippen molar-refractivity contribution in [3.63, 3.8) is 0 Å². The SMILES string of the molecule is CCOc1ccccc1NS(=O)(=O)c1n[nH]c(C)c1CO. The van der Waals surface area contributed by atoms with Crippen LogP contribution in [0.2, 0.25) is 0 Å². The number of hydrogen-bond donors (Lipinski definition) is 3. The summed E-state index contributed by atoms with van der Waals surface area (Å²) in [6, 6.07) is 6.72. The number of aromatic nitrogens is 2. The van der Waals surface area contributed by atoms with Gasteiger partial charge in [0.05, 0.1) is 18.9 Å². The zero-order chi connectivity index (χ0) is 15.5. The van der Waals surface area contributed by atoms with Crippen molar-refractivity contribution in [3.8, 4) is 5.75 Å². The molecule has 0 aliphatic carbocycles. The Hall–Kier alpha value is -2.06. The number of sulfonamides is 1. The molecule has 1 aromatic heterocycles. The Labute approximate surface area is 123 Å². The first kappa shape index (κ1) is 15.3. The number of anilines is 1. The zero-order valence-corrected chi connectivity index (χ0v) is 12.6. The fourth-order valence-corrected chi connectivity index (χ4v) is 3.13. The Kier molecular flexibility index (Phi) is 4.49. The molecule has 0 saturated heterocycles. The van der Waals surface area contributed by atoms with Crippen molar-refractivity contribution >= 4 is 15.7 Å². The molecule has 114 valence electrons. The van der Waals surface area contributed by atoms with Crippen LogP contribution in [0.3, 0.4) is 0 Å². The molecule has 0 bridgehead atoms. The summed E-state index contributed by atoms with van der Waals surface area (Å²) in [5.74, 6) is 0.432. The maximum absolute atomic E-state index is 12.4. The number of benzene rings is 1. The number of para-hydroxylation sites is 2. The van der Waals surface area contributed by atoms with Crippen molar-refractivity contribution in [1.29, 1.82) is 0 Å². The molecule has 21 heavy (non-hydrogen) atoms. The van der Waals surface area contributed by atoms with Gasteiger partial charge in [0, 0.05) is 11.3 Å². The van der Waals surface area contributed by atoms with Gasteiger partial charge in [0.2, 0.25) is 5.03 Å². The lowest BCUT2D eigenvalue weighted by Crippen LogP contribution is -2.16. The smallest absolute Gasteiger partial charge is 0.281 e. The molecule has 1 aromatic carbocycles. The quantitative estimate of drug-likeness (QED) is 0.748. The number of hydrogen-bond acceptors (Lipinski definition) is 5. The standard InChI is InChI=1S/C13H17N3O4S/c1-3-20-12-7-5-4-6-11(12)16-21(18,19)13-10(8-17)9(2)14-15-13/h4-7,16-17H,3,8H2,1-2H3,(H,14,15). The molecule has 0 atom stereocenters. The number of aliphatic hydroxyl groups is 1. The highest BCUT2D eigenvalue weighted by Gasteiger charge is 2.24. The molecule has 3 N–H and O–H groups in total. The van der Waals surface area contributed by atoms with Gasteiger partial charge in [0.25, 0.3) is 10.0 Å². The van der Waals surface area contributed by atoms with Gasteiger partial charge in [-0.05, 0) is 26.0 Å². The molecule has 7 nitrogen and oxygen atoms in total. The number of aromatic amines is 1. The van der Waals surface area contributed by atoms with Gasteiger partial charge in [-0.15, -0.1) is 0 Å². The Balaban J connectivity index is 2.38. The maximum Gasteiger partial charge on any atom is 0.281 e. The van der Waals surface area contributed by atoms with E-state index in [1.54, 1.807) is 31.2 Å². The summed E-state index contributed by atoms with van der Waals surface area (Å²) >= 11 is 0. The summed E-state index contributed by atoms with van der Waals surface area (Å²) in [6.45, 7) is 3.46. The molecule has 0 aliphatic heterocycles. The van der Waals surface area contributed by atoms with Crippen molar-refractivity contribution in [3.05, 3.63) is 35.5 Å². The van der Waals surface area contributed by atoms with Gasteiger partial charge < -0.3 is 9.84 Å². The minimum Gasteiger partial charge on any atom is -0.492 e. The monoisotopic (exact) mass is 311 g/mol. The lowest BCUT2D eigenvalue weighted by molar-refractivity contribution is 0.277. The molecule has 0 fully saturated rings. The van der Waals surface area contributed by atoms with E-state index in [0.717, 1.165) is 0 Å². The van der Waals surface area contributed by atoms with Crippen molar-refractivity contribution in [2.45, 2.75) is 25.5 Å². The van der Waals surface area contributed by atoms with Crippen LogP contribution in [-0.4, -0.2) is 30.3 Å². The van der Waals surface area contributed by atoms with Crippen molar-refractivity contribution in [1.82, 2.24) is 10.2 Å². The minimum absolute atomic E-state index is 0.214.